The van der Waals surface area contributed by atoms with Crippen molar-refractivity contribution in [3.8, 4) is 5.75 Å². The Morgan fingerprint density at radius 1 is 1.00 bits per heavy atom. The Labute approximate surface area is 216 Å². The summed E-state index contributed by atoms with van der Waals surface area (Å²) in [4.78, 5) is 50.7. The summed E-state index contributed by atoms with van der Waals surface area (Å²) in [5.74, 6) is -1.80. The standard InChI is InChI=1S/C26H19Cl2N3O5/c1-15-5-4-6-17(11-15)29-23(32)14-36-22-10-9-16(13-20(22)28)12-18-24(33)30-26(35)31(25(18)34)21-8-3-2-7-19(21)27/h2-13H,14H2,1H3,(H,29,32)(H,30,33,35)/b18-12+. The second-order valence-corrected chi connectivity index (χ2v) is 8.62. The molecule has 2 N–H and O–H groups in total. The zero-order valence-electron chi connectivity index (χ0n) is 18.9. The first-order chi connectivity index (χ1) is 17.2. The number of ether oxygens (including phenoxy) is 1. The van der Waals surface area contributed by atoms with Crippen molar-refractivity contribution in [1.82, 2.24) is 5.32 Å². The lowest BCUT2D eigenvalue weighted by Gasteiger charge is -2.27. The van der Waals surface area contributed by atoms with E-state index in [-0.39, 0.29) is 39.6 Å². The minimum atomic E-state index is -0.902. The summed E-state index contributed by atoms with van der Waals surface area (Å²) in [6, 6.07) is 17.3. The highest BCUT2D eigenvalue weighted by Crippen LogP contribution is 2.30. The van der Waals surface area contributed by atoms with Crippen LogP contribution in [0.25, 0.3) is 6.08 Å². The van der Waals surface area contributed by atoms with Gasteiger partial charge in [-0.15, -0.1) is 0 Å². The number of aryl methyl sites for hydroxylation is 1. The number of benzene rings is 3. The maximum absolute atomic E-state index is 13.0. The van der Waals surface area contributed by atoms with Gasteiger partial charge in [-0.25, -0.2) is 9.69 Å². The molecular weight excluding hydrogens is 505 g/mol. The minimum absolute atomic E-state index is 0.144. The molecule has 0 unspecified atom stereocenters. The molecule has 4 rings (SSSR count). The molecule has 1 aliphatic rings. The van der Waals surface area contributed by atoms with E-state index >= 15 is 0 Å². The van der Waals surface area contributed by atoms with Crippen LogP contribution in [-0.4, -0.2) is 30.4 Å². The first kappa shape index (κ1) is 25.0. The summed E-state index contributed by atoms with van der Waals surface area (Å²) in [6.07, 6.45) is 1.30. The predicted molar refractivity (Wildman–Crippen MR) is 137 cm³/mol. The van der Waals surface area contributed by atoms with Gasteiger partial charge in [0, 0.05) is 5.69 Å². The van der Waals surface area contributed by atoms with Crippen molar-refractivity contribution in [2.24, 2.45) is 0 Å². The van der Waals surface area contributed by atoms with Gasteiger partial charge in [0.05, 0.1) is 15.7 Å². The molecule has 0 radical (unpaired) electrons. The lowest BCUT2D eigenvalue weighted by molar-refractivity contribution is -0.122. The van der Waals surface area contributed by atoms with Crippen molar-refractivity contribution >= 4 is 64.4 Å². The Morgan fingerprint density at radius 2 is 1.78 bits per heavy atom. The summed E-state index contributed by atoms with van der Waals surface area (Å²) in [6.45, 7) is 1.64. The molecule has 1 heterocycles. The number of para-hydroxylation sites is 1. The Balaban J connectivity index is 1.49. The van der Waals surface area contributed by atoms with Gasteiger partial charge in [-0.2, -0.15) is 0 Å². The maximum atomic E-state index is 13.0. The van der Waals surface area contributed by atoms with Crippen LogP contribution in [0.5, 0.6) is 5.75 Å². The summed E-state index contributed by atoms with van der Waals surface area (Å²) in [5.41, 5.74) is 1.92. The lowest BCUT2D eigenvalue weighted by atomic mass is 10.1. The smallest absolute Gasteiger partial charge is 0.335 e. The van der Waals surface area contributed by atoms with Gasteiger partial charge in [-0.05, 0) is 60.5 Å². The number of hydrogen-bond donors (Lipinski definition) is 2. The number of barbiturate groups is 1. The topological polar surface area (TPSA) is 105 Å². The third kappa shape index (κ3) is 5.56. The SMILES string of the molecule is Cc1cccc(NC(=O)COc2ccc(/C=C3\C(=O)NC(=O)N(c4ccccc4Cl)C3=O)cc2Cl)c1. The van der Waals surface area contributed by atoms with Crippen LogP contribution in [0.2, 0.25) is 10.0 Å². The second kappa shape index (κ2) is 10.6. The average molecular weight is 524 g/mol. The zero-order chi connectivity index (χ0) is 25.8. The van der Waals surface area contributed by atoms with Crippen LogP contribution >= 0.6 is 23.2 Å². The second-order valence-electron chi connectivity index (χ2n) is 7.81. The fourth-order valence-corrected chi connectivity index (χ4v) is 3.93. The Hall–Kier alpha value is -4.14. The number of anilines is 2. The van der Waals surface area contributed by atoms with E-state index in [4.69, 9.17) is 27.9 Å². The molecule has 0 atom stereocenters. The molecule has 1 saturated heterocycles. The van der Waals surface area contributed by atoms with Crippen LogP contribution in [-0.2, 0) is 14.4 Å². The van der Waals surface area contributed by atoms with E-state index in [0.29, 0.717) is 11.3 Å². The van der Waals surface area contributed by atoms with Crippen molar-refractivity contribution in [2.75, 3.05) is 16.8 Å². The van der Waals surface area contributed by atoms with Crippen LogP contribution in [0.3, 0.4) is 0 Å². The summed E-state index contributed by atoms with van der Waals surface area (Å²) in [7, 11) is 0. The van der Waals surface area contributed by atoms with E-state index < -0.39 is 17.8 Å². The highest BCUT2D eigenvalue weighted by atomic mass is 35.5. The van der Waals surface area contributed by atoms with E-state index in [1.54, 1.807) is 24.3 Å². The van der Waals surface area contributed by atoms with E-state index in [9.17, 15) is 19.2 Å². The van der Waals surface area contributed by atoms with Crippen LogP contribution in [0.4, 0.5) is 16.2 Å². The molecule has 0 spiro atoms. The van der Waals surface area contributed by atoms with Crippen LogP contribution < -0.4 is 20.3 Å². The van der Waals surface area contributed by atoms with Crippen LogP contribution in [0, 0.1) is 6.92 Å². The number of carbonyl (C=O) groups excluding carboxylic acids is 4. The number of urea groups is 1. The average Bonchev–Trinajstić information content (AvgIpc) is 2.82. The van der Waals surface area contributed by atoms with Gasteiger partial charge in [0.2, 0.25) is 0 Å². The molecule has 0 aliphatic carbocycles. The molecule has 0 aromatic heterocycles. The number of halogens is 2. The van der Waals surface area contributed by atoms with Gasteiger partial charge in [0.15, 0.2) is 6.61 Å². The summed E-state index contributed by atoms with van der Waals surface area (Å²) < 4.78 is 5.51. The summed E-state index contributed by atoms with van der Waals surface area (Å²) in [5, 5.41) is 5.20. The third-order valence-corrected chi connectivity index (χ3v) is 5.74. The molecule has 3 aromatic carbocycles. The van der Waals surface area contributed by atoms with Crippen molar-refractivity contribution < 1.29 is 23.9 Å². The van der Waals surface area contributed by atoms with E-state index in [1.165, 1.54) is 30.3 Å². The molecule has 10 heteroatoms. The van der Waals surface area contributed by atoms with Crippen molar-refractivity contribution in [3.63, 3.8) is 0 Å². The van der Waals surface area contributed by atoms with E-state index in [0.717, 1.165) is 10.5 Å². The van der Waals surface area contributed by atoms with Gasteiger partial charge in [0.25, 0.3) is 17.7 Å². The third-order valence-electron chi connectivity index (χ3n) is 5.12. The lowest BCUT2D eigenvalue weighted by Crippen LogP contribution is -2.54. The number of carbonyl (C=O) groups is 4. The van der Waals surface area contributed by atoms with Crippen molar-refractivity contribution in [1.29, 1.82) is 0 Å². The molecule has 182 valence electrons. The van der Waals surface area contributed by atoms with E-state index in [2.05, 4.69) is 10.6 Å². The highest BCUT2D eigenvalue weighted by Gasteiger charge is 2.37. The van der Waals surface area contributed by atoms with Crippen LogP contribution in [0.1, 0.15) is 11.1 Å². The first-order valence-corrected chi connectivity index (χ1v) is 11.4. The van der Waals surface area contributed by atoms with E-state index in [1.807, 2.05) is 25.1 Å². The molecular formula is C26H19Cl2N3O5. The maximum Gasteiger partial charge on any atom is 0.335 e. The van der Waals surface area contributed by atoms with Gasteiger partial charge in [-0.1, -0.05) is 53.5 Å². The monoisotopic (exact) mass is 523 g/mol. The zero-order valence-corrected chi connectivity index (χ0v) is 20.4. The number of nitrogens with zero attached hydrogens (tertiary/aromatic N) is 1. The van der Waals surface area contributed by atoms with Gasteiger partial charge in [0.1, 0.15) is 11.3 Å². The van der Waals surface area contributed by atoms with Gasteiger partial charge in [-0.3, -0.25) is 19.7 Å². The number of imide groups is 2. The molecule has 0 bridgehead atoms. The Bertz CT molecular complexity index is 1420. The molecule has 3 aromatic rings. The number of hydrogen-bond acceptors (Lipinski definition) is 5. The largest absolute Gasteiger partial charge is 0.482 e. The van der Waals surface area contributed by atoms with Gasteiger partial charge < -0.3 is 10.1 Å². The number of rotatable bonds is 6. The van der Waals surface area contributed by atoms with Crippen molar-refractivity contribution in [3.05, 3.63) is 93.5 Å². The fourth-order valence-electron chi connectivity index (χ4n) is 3.46. The number of nitrogens with one attached hydrogen (secondary N) is 2. The Kier molecular flexibility index (Phi) is 7.38. The predicted octanol–water partition coefficient (Wildman–Crippen LogP) is 4.99. The minimum Gasteiger partial charge on any atom is -0.482 e. The van der Waals surface area contributed by atoms with Gasteiger partial charge >= 0.3 is 6.03 Å². The fraction of sp³-hybridized carbons (Fsp3) is 0.0769. The molecule has 0 saturated carbocycles. The quantitative estimate of drug-likeness (QED) is 0.350. The Morgan fingerprint density at radius 3 is 2.50 bits per heavy atom. The van der Waals surface area contributed by atoms with Crippen molar-refractivity contribution in [2.45, 2.75) is 6.92 Å². The number of amides is 5. The molecule has 1 aliphatic heterocycles. The normalized spacial score (nSPS) is 14.6. The molecule has 8 nitrogen and oxygen atoms in total. The first-order valence-electron chi connectivity index (χ1n) is 10.7. The molecule has 1 fully saturated rings. The summed E-state index contributed by atoms with van der Waals surface area (Å²) >= 11 is 12.4. The highest BCUT2D eigenvalue weighted by molar-refractivity contribution is 6.42. The van der Waals surface area contributed by atoms with Crippen LogP contribution in [0.15, 0.2) is 72.3 Å². The molecule has 36 heavy (non-hydrogen) atoms. The molecule has 5 amide bonds.